The van der Waals surface area contributed by atoms with Crippen molar-refractivity contribution in [1.29, 1.82) is 0 Å². The molecule has 1 amide bonds. The highest BCUT2D eigenvalue weighted by Gasteiger charge is 2.21. The summed E-state index contributed by atoms with van der Waals surface area (Å²) in [6.45, 7) is 3.89. The minimum absolute atomic E-state index is 0.0465. The van der Waals surface area contributed by atoms with Gasteiger partial charge in [-0.3, -0.25) is 14.9 Å². The molecule has 0 radical (unpaired) electrons. The van der Waals surface area contributed by atoms with Gasteiger partial charge in [-0.2, -0.15) is 0 Å². The number of nitro benzene ring substituents is 1. The summed E-state index contributed by atoms with van der Waals surface area (Å²) in [4.78, 5) is 25.6. The van der Waals surface area contributed by atoms with E-state index in [0.29, 0.717) is 31.9 Å². The van der Waals surface area contributed by atoms with E-state index in [1.54, 1.807) is 17.0 Å². The van der Waals surface area contributed by atoms with E-state index in [9.17, 15) is 14.9 Å². The smallest absolute Gasteiger partial charge is 0.313 e. The zero-order valence-electron chi connectivity index (χ0n) is 20.8. The average Bonchev–Trinajstić information content (AvgIpc) is 2.91. The van der Waals surface area contributed by atoms with Gasteiger partial charge in [0.05, 0.1) is 17.2 Å². The van der Waals surface area contributed by atoms with Gasteiger partial charge in [-0.05, 0) is 49.4 Å². The van der Waals surface area contributed by atoms with Crippen LogP contribution in [0, 0.1) is 10.1 Å². The van der Waals surface area contributed by atoms with Crippen molar-refractivity contribution < 1.29 is 19.2 Å². The lowest BCUT2D eigenvalue weighted by Crippen LogP contribution is -2.30. The Morgan fingerprint density at radius 3 is 2.25 bits per heavy atom. The molecule has 0 N–H and O–H groups in total. The molecule has 7 nitrogen and oxygen atoms in total. The predicted molar refractivity (Wildman–Crippen MR) is 141 cm³/mol. The maximum absolute atomic E-state index is 12.8. The van der Waals surface area contributed by atoms with Crippen LogP contribution in [0.25, 0.3) is 0 Å². The Morgan fingerprint density at radius 1 is 0.889 bits per heavy atom. The lowest BCUT2D eigenvalue weighted by Gasteiger charge is -2.21. The fourth-order valence-electron chi connectivity index (χ4n) is 3.91. The number of rotatable bonds is 15. The fraction of sp³-hybridized carbons (Fsp3) is 0.345. The summed E-state index contributed by atoms with van der Waals surface area (Å²) in [7, 11) is 0. The van der Waals surface area contributed by atoms with Crippen LogP contribution in [-0.4, -0.2) is 30.6 Å². The lowest BCUT2D eigenvalue weighted by molar-refractivity contribution is -0.385. The molecule has 3 aromatic rings. The number of benzene rings is 3. The second-order valence-electron chi connectivity index (χ2n) is 8.48. The number of anilines is 1. The summed E-state index contributed by atoms with van der Waals surface area (Å²) in [6, 6.07) is 24.4. The van der Waals surface area contributed by atoms with Crippen LogP contribution in [0.1, 0.15) is 43.7 Å². The number of amides is 1. The number of hydrogen-bond donors (Lipinski definition) is 0. The molecule has 0 aliphatic heterocycles. The van der Waals surface area contributed by atoms with Crippen LogP contribution in [0.5, 0.6) is 5.75 Å². The molecule has 3 rings (SSSR count). The first-order chi connectivity index (χ1) is 17.6. The van der Waals surface area contributed by atoms with Gasteiger partial charge in [-0.15, -0.1) is 0 Å². The van der Waals surface area contributed by atoms with Gasteiger partial charge in [0, 0.05) is 25.6 Å². The first-order valence-corrected chi connectivity index (χ1v) is 12.5. The highest BCUT2D eigenvalue weighted by molar-refractivity contribution is 5.93. The second kappa shape index (κ2) is 14.6. The summed E-state index contributed by atoms with van der Waals surface area (Å²) in [5, 5.41) is 11.7. The van der Waals surface area contributed by atoms with E-state index < -0.39 is 4.92 Å². The van der Waals surface area contributed by atoms with Crippen molar-refractivity contribution in [3.05, 3.63) is 100 Å². The van der Waals surface area contributed by atoms with E-state index >= 15 is 0 Å². The number of nitrogens with zero attached hydrogens (tertiary/aromatic N) is 2. The van der Waals surface area contributed by atoms with Gasteiger partial charge in [-0.25, -0.2) is 0 Å². The zero-order chi connectivity index (χ0) is 25.6. The van der Waals surface area contributed by atoms with Gasteiger partial charge in [0.25, 0.3) is 0 Å². The molecule has 3 aromatic carbocycles. The topological polar surface area (TPSA) is 81.9 Å². The molecule has 0 spiro atoms. The van der Waals surface area contributed by atoms with Crippen molar-refractivity contribution in [3.63, 3.8) is 0 Å². The monoisotopic (exact) mass is 490 g/mol. The van der Waals surface area contributed by atoms with Crippen LogP contribution in [0.3, 0.4) is 0 Å². The van der Waals surface area contributed by atoms with Crippen LogP contribution in [0.4, 0.5) is 11.4 Å². The first-order valence-electron chi connectivity index (χ1n) is 12.5. The Morgan fingerprint density at radius 2 is 1.58 bits per heavy atom. The molecule has 0 heterocycles. The quantitative estimate of drug-likeness (QED) is 0.141. The third kappa shape index (κ3) is 8.50. The Labute approximate surface area is 212 Å². The predicted octanol–water partition coefficient (Wildman–Crippen LogP) is 6.35. The van der Waals surface area contributed by atoms with Gasteiger partial charge in [-0.1, -0.05) is 67.1 Å². The Hall–Kier alpha value is -3.71. The van der Waals surface area contributed by atoms with Crippen LogP contribution >= 0.6 is 0 Å². The summed E-state index contributed by atoms with van der Waals surface area (Å²) in [5.74, 6) is 0.137. The Kier molecular flexibility index (Phi) is 10.9. The summed E-state index contributed by atoms with van der Waals surface area (Å²) < 4.78 is 11.4. The summed E-state index contributed by atoms with van der Waals surface area (Å²) >= 11 is 0. The third-order valence-corrected chi connectivity index (χ3v) is 5.86. The van der Waals surface area contributed by atoms with E-state index in [-0.39, 0.29) is 24.0 Å². The van der Waals surface area contributed by atoms with Gasteiger partial charge in [0.15, 0.2) is 5.75 Å². The number of hydrogen-bond acceptors (Lipinski definition) is 5. The largest absolute Gasteiger partial charge is 0.482 e. The number of carbonyl (C=O) groups is 1. The maximum Gasteiger partial charge on any atom is 0.313 e. The van der Waals surface area contributed by atoms with E-state index in [2.05, 4.69) is 12.1 Å². The van der Waals surface area contributed by atoms with Crippen molar-refractivity contribution in [2.24, 2.45) is 0 Å². The van der Waals surface area contributed by atoms with E-state index in [1.165, 1.54) is 11.6 Å². The normalized spacial score (nSPS) is 10.7. The lowest BCUT2D eigenvalue weighted by atomic mass is 10.1. The van der Waals surface area contributed by atoms with Crippen molar-refractivity contribution >= 4 is 17.3 Å². The molecule has 0 bridgehead atoms. The molecule has 0 aliphatic rings. The van der Waals surface area contributed by atoms with E-state index in [1.807, 2.05) is 55.5 Å². The van der Waals surface area contributed by atoms with Crippen LogP contribution in [0.2, 0.25) is 0 Å². The van der Waals surface area contributed by atoms with Gasteiger partial charge < -0.3 is 14.4 Å². The number of unbranched alkanes of at least 4 members (excludes halogenated alkanes) is 2. The highest BCUT2D eigenvalue weighted by Crippen LogP contribution is 2.32. The molecular formula is C29H34N2O5. The Bertz CT molecular complexity index is 1090. The van der Waals surface area contributed by atoms with E-state index in [0.717, 1.165) is 31.2 Å². The minimum atomic E-state index is -0.472. The molecule has 36 heavy (non-hydrogen) atoms. The molecule has 7 heteroatoms. The molecule has 0 unspecified atom stereocenters. The van der Waals surface area contributed by atoms with Crippen molar-refractivity contribution in [3.8, 4) is 5.75 Å². The summed E-state index contributed by atoms with van der Waals surface area (Å²) in [5.41, 5.74) is 2.54. The standard InChI is InChI=1S/C29H34N2O5/c1-2-30(29(32)16-10-5-11-20-35-21-19-24-12-6-3-7-13-24)26-17-18-28(27(22-26)31(33)34)36-23-25-14-8-4-9-15-25/h3-4,6-9,12-15,17-18,22H,2,5,10-11,16,19-21,23H2,1H3. The number of carbonyl (C=O) groups excluding carboxylic acids is 1. The molecule has 0 saturated carbocycles. The molecule has 0 aromatic heterocycles. The molecule has 190 valence electrons. The molecule has 0 atom stereocenters. The Balaban J connectivity index is 1.44. The minimum Gasteiger partial charge on any atom is -0.482 e. The molecular weight excluding hydrogens is 456 g/mol. The van der Waals surface area contributed by atoms with Crippen LogP contribution in [0.15, 0.2) is 78.9 Å². The van der Waals surface area contributed by atoms with Crippen LogP contribution < -0.4 is 9.64 Å². The molecule has 0 aliphatic carbocycles. The van der Waals surface area contributed by atoms with Crippen molar-refractivity contribution in [1.82, 2.24) is 0 Å². The highest BCUT2D eigenvalue weighted by atomic mass is 16.6. The summed E-state index contributed by atoms with van der Waals surface area (Å²) in [6.07, 6.45) is 3.82. The molecule has 0 saturated heterocycles. The number of nitro groups is 1. The molecule has 0 fully saturated rings. The SMILES string of the molecule is CCN(C(=O)CCCCCOCCc1ccccc1)c1ccc(OCc2ccccc2)c([N+](=O)[O-])c1. The maximum atomic E-state index is 12.8. The number of ether oxygens (including phenoxy) is 2. The average molecular weight is 491 g/mol. The zero-order valence-corrected chi connectivity index (χ0v) is 20.8. The van der Waals surface area contributed by atoms with Crippen molar-refractivity contribution in [2.45, 2.75) is 45.6 Å². The van der Waals surface area contributed by atoms with Gasteiger partial charge >= 0.3 is 5.69 Å². The second-order valence-corrected chi connectivity index (χ2v) is 8.48. The van der Waals surface area contributed by atoms with Crippen LogP contribution in [-0.2, 0) is 22.6 Å². The van der Waals surface area contributed by atoms with Gasteiger partial charge in [0.2, 0.25) is 5.91 Å². The first kappa shape index (κ1) is 26.9. The van der Waals surface area contributed by atoms with Gasteiger partial charge in [0.1, 0.15) is 6.61 Å². The third-order valence-electron chi connectivity index (χ3n) is 5.86. The van der Waals surface area contributed by atoms with Crippen molar-refractivity contribution in [2.75, 3.05) is 24.7 Å². The fourth-order valence-corrected chi connectivity index (χ4v) is 3.91. The van der Waals surface area contributed by atoms with E-state index in [4.69, 9.17) is 9.47 Å².